The fraction of sp³-hybridized carbons (Fsp3) is 0.700. The van der Waals surface area contributed by atoms with Crippen LogP contribution in [-0.4, -0.2) is 5.97 Å². The summed E-state index contributed by atoms with van der Waals surface area (Å²) in [5, 5.41) is 0. The van der Waals surface area contributed by atoms with Gasteiger partial charge >= 0.3 is 5.97 Å². The van der Waals surface area contributed by atoms with Gasteiger partial charge in [-0.15, -0.1) is 0 Å². The molecule has 2 unspecified atom stereocenters. The molecular weight excluding hydrogens is 152 g/mol. The molecule has 0 aromatic heterocycles. The van der Waals surface area contributed by atoms with Crippen molar-refractivity contribution in [1.82, 2.24) is 0 Å². The lowest BCUT2D eigenvalue weighted by molar-refractivity contribution is -0.139. The second-order valence-corrected chi connectivity index (χ2v) is 4.02. The zero-order chi connectivity index (χ0) is 8.72. The fourth-order valence-electron chi connectivity index (χ4n) is 2.30. The molecule has 2 nitrogen and oxygen atoms in total. The quantitative estimate of drug-likeness (QED) is 0.515. The highest BCUT2D eigenvalue weighted by atomic mass is 16.5. The zero-order valence-corrected chi connectivity index (χ0v) is 7.38. The third-order valence-corrected chi connectivity index (χ3v) is 3.06. The van der Waals surface area contributed by atoms with E-state index in [0.717, 1.165) is 25.2 Å². The van der Waals surface area contributed by atoms with Crippen LogP contribution in [0, 0.1) is 17.8 Å². The predicted molar refractivity (Wildman–Crippen MR) is 45.2 cm³/mol. The molecule has 3 atom stereocenters. The van der Waals surface area contributed by atoms with Gasteiger partial charge < -0.3 is 4.74 Å². The Balaban J connectivity index is 2.17. The second kappa shape index (κ2) is 2.61. The van der Waals surface area contributed by atoms with Gasteiger partial charge in [0.15, 0.2) is 0 Å². The van der Waals surface area contributed by atoms with Gasteiger partial charge in [0.05, 0.1) is 5.92 Å². The summed E-state index contributed by atoms with van der Waals surface area (Å²) in [6, 6.07) is 0. The average molecular weight is 166 g/mol. The third-order valence-electron chi connectivity index (χ3n) is 3.06. The van der Waals surface area contributed by atoms with Gasteiger partial charge in [-0.05, 0) is 25.2 Å². The topological polar surface area (TPSA) is 26.3 Å². The summed E-state index contributed by atoms with van der Waals surface area (Å²) >= 11 is 0. The first-order valence-electron chi connectivity index (χ1n) is 4.59. The van der Waals surface area contributed by atoms with Crippen molar-refractivity contribution in [3.63, 3.8) is 0 Å². The first-order chi connectivity index (χ1) is 5.68. The number of carbonyl (C=O) groups excluding carboxylic acids is 1. The van der Waals surface area contributed by atoms with Crippen LogP contribution in [0.5, 0.6) is 0 Å². The SMILES string of the molecule is C=C1OC(=O)C2CC[C@H](C)CC12. The lowest BCUT2D eigenvalue weighted by Gasteiger charge is -2.25. The summed E-state index contributed by atoms with van der Waals surface area (Å²) in [6.45, 7) is 6.01. The number of esters is 1. The Morgan fingerprint density at radius 2 is 2.17 bits per heavy atom. The van der Waals surface area contributed by atoms with Gasteiger partial charge in [-0.3, -0.25) is 4.79 Å². The van der Waals surface area contributed by atoms with Crippen molar-refractivity contribution in [3.05, 3.63) is 12.3 Å². The Bertz CT molecular complexity index is 232. The lowest BCUT2D eigenvalue weighted by atomic mass is 9.75. The molecule has 12 heavy (non-hydrogen) atoms. The highest BCUT2D eigenvalue weighted by Gasteiger charge is 2.42. The average Bonchev–Trinajstić information content (AvgIpc) is 2.28. The minimum Gasteiger partial charge on any atom is -0.431 e. The number of cyclic esters (lactones) is 1. The number of rotatable bonds is 0. The van der Waals surface area contributed by atoms with Crippen molar-refractivity contribution in [3.8, 4) is 0 Å². The van der Waals surface area contributed by atoms with Crippen molar-refractivity contribution in [2.45, 2.75) is 26.2 Å². The molecule has 1 saturated heterocycles. The zero-order valence-electron chi connectivity index (χ0n) is 7.38. The van der Waals surface area contributed by atoms with E-state index < -0.39 is 0 Å². The van der Waals surface area contributed by atoms with Crippen LogP contribution in [0.1, 0.15) is 26.2 Å². The van der Waals surface area contributed by atoms with E-state index >= 15 is 0 Å². The molecule has 2 fully saturated rings. The third kappa shape index (κ3) is 1.06. The first-order valence-corrected chi connectivity index (χ1v) is 4.59. The summed E-state index contributed by atoms with van der Waals surface area (Å²) in [7, 11) is 0. The van der Waals surface area contributed by atoms with Crippen LogP contribution in [0.4, 0.5) is 0 Å². The van der Waals surface area contributed by atoms with Crippen LogP contribution in [0.2, 0.25) is 0 Å². The van der Waals surface area contributed by atoms with Crippen LogP contribution in [0.3, 0.4) is 0 Å². The van der Waals surface area contributed by atoms with Crippen LogP contribution in [0.15, 0.2) is 12.3 Å². The predicted octanol–water partition coefficient (Wildman–Crippen LogP) is 2.11. The summed E-state index contributed by atoms with van der Waals surface area (Å²) in [5.41, 5.74) is 0. The summed E-state index contributed by atoms with van der Waals surface area (Å²) in [4.78, 5) is 11.2. The van der Waals surface area contributed by atoms with Gasteiger partial charge in [-0.2, -0.15) is 0 Å². The van der Waals surface area contributed by atoms with Gasteiger partial charge in [-0.1, -0.05) is 13.5 Å². The van der Waals surface area contributed by atoms with Crippen molar-refractivity contribution >= 4 is 5.97 Å². The molecule has 0 amide bonds. The van der Waals surface area contributed by atoms with Crippen molar-refractivity contribution in [2.75, 3.05) is 0 Å². The molecule has 0 radical (unpaired) electrons. The van der Waals surface area contributed by atoms with E-state index in [1.54, 1.807) is 0 Å². The first kappa shape index (κ1) is 7.84. The molecule has 2 heteroatoms. The molecular formula is C10H14O2. The van der Waals surface area contributed by atoms with E-state index in [9.17, 15) is 4.79 Å². The van der Waals surface area contributed by atoms with E-state index in [2.05, 4.69) is 13.5 Å². The molecule has 1 aliphatic heterocycles. The van der Waals surface area contributed by atoms with Crippen LogP contribution < -0.4 is 0 Å². The van der Waals surface area contributed by atoms with Gasteiger partial charge in [0.1, 0.15) is 5.76 Å². The molecule has 0 N–H and O–H groups in total. The highest BCUT2D eigenvalue weighted by Crippen LogP contribution is 2.43. The Morgan fingerprint density at radius 3 is 2.92 bits per heavy atom. The van der Waals surface area contributed by atoms with Gasteiger partial charge in [-0.25, -0.2) is 0 Å². The van der Waals surface area contributed by atoms with Crippen LogP contribution in [0.25, 0.3) is 0 Å². The fourth-order valence-corrected chi connectivity index (χ4v) is 2.30. The molecule has 0 spiro atoms. The number of carbonyl (C=O) groups is 1. The number of fused-ring (bicyclic) bond motifs is 1. The maximum absolute atomic E-state index is 11.2. The number of hydrogen-bond acceptors (Lipinski definition) is 2. The summed E-state index contributed by atoms with van der Waals surface area (Å²) < 4.78 is 5.02. The molecule has 1 aliphatic carbocycles. The number of hydrogen-bond donors (Lipinski definition) is 0. The monoisotopic (exact) mass is 166 g/mol. The molecule has 1 heterocycles. The van der Waals surface area contributed by atoms with E-state index in [1.807, 2.05) is 0 Å². The smallest absolute Gasteiger partial charge is 0.314 e. The van der Waals surface area contributed by atoms with E-state index in [-0.39, 0.29) is 11.9 Å². The molecule has 0 aromatic rings. The second-order valence-electron chi connectivity index (χ2n) is 4.02. The van der Waals surface area contributed by atoms with Crippen molar-refractivity contribution in [1.29, 1.82) is 0 Å². The minimum atomic E-state index is -0.0445. The normalized spacial score (nSPS) is 40.9. The van der Waals surface area contributed by atoms with E-state index in [0.29, 0.717) is 11.7 Å². The largest absolute Gasteiger partial charge is 0.431 e. The van der Waals surface area contributed by atoms with Gasteiger partial charge in [0.25, 0.3) is 0 Å². The van der Waals surface area contributed by atoms with Gasteiger partial charge in [0.2, 0.25) is 0 Å². The lowest BCUT2D eigenvalue weighted by Crippen LogP contribution is -2.23. The Kier molecular flexibility index (Phi) is 1.71. The van der Waals surface area contributed by atoms with Gasteiger partial charge in [0, 0.05) is 5.92 Å². The standard InChI is InChI=1S/C10H14O2/c1-6-3-4-8-9(5-6)7(2)12-10(8)11/h6,8-9H,2-5H2,1H3/t6-,8?,9?/m0/s1. The van der Waals surface area contributed by atoms with Crippen molar-refractivity contribution in [2.24, 2.45) is 17.8 Å². The molecule has 0 aromatic carbocycles. The maximum atomic E-state index is 11.2. The Morgan fingerprint density at radius 1 is 1.42 bits per heavy atom. The van der Waals surface area contributed by atoms with Crippen molar-refractivity contribution < 1.29 is 9.53 Å². The number of allylic oxidation sites excluding steroid dienone is 1. The Labute approximate surface area is 72.6 Å². The minimum absolute atomic E-state index is 0.0445. The molecule has 1 saturated carbocycles. The molecule has 0 bridgehead atoms. The summed E-state index contributed by atoms with van der Waals surface area (Å²) in [5.74, 6) is 1.83. The van der Waals surface area contributed by atoms with E-state index in [4.69, 9.17) is 4.74 Å². The van der Waals surface area contributed by atoms with Crippen LogP contribution >= 0.6 is 0 Å². The number of ether oxygens (including phenoxy) is 1. The highest BCUT2D eigenvalue weighted by molar-refractivity contribution is 5.77. The molecule has 66 valence electrons. The summed E-state index contributed by atoms with van der Waals surface area (Å²) in [6.07, 6.45) is 3.22. The molecule has 2 aliphatic rings. The maximum Gasteiger partial charge on any atom is 0.314 e. The molecule has 2 rings (SSSR count). The van der Waals surface area contributed by atoms with E-state index in [1.165, 1.54) is 0 Å². The Hall–Kier alpha value is -0.790. The van der Waals surface area contributed by atoms with Crippen LogP contribution in [-0.2, 0) is 9.53 Å².